The van der Waals surface area contributed by atoms with Gasteiger partial charge < -0.3 is 4.74 Å². The molecule has 0 unspecified atom stereocenters. The summed E-state index contributed by atoms with van der Waals surface area (Å²) in [7, 11) is 0. The average Bonchev–Trinajstić information content (AvgIpc) is 2.73. The summed E-state index contributed by atoms with van der Waals surface area (Å²) in [6.07, 6.45) is 3.17. The minimum atomic E-state index is -0.351. The first-order valence-electron chi connectivity index (χ1n) is 5.25. The van der Waals surface area contributed by atoms with Gasteiger partial charge in [0.25, 0.3) is 0 Å². The van der Waals surface area contributed by atoms with E-state index in [1.54, 1.807) is 12.1 Å². The van der Waals surface area contributed by atoms with E-state index >= 15 is 0 Å². The number of aryl methyl sites for hydroxylation is 1. The highest BCUT2D eigenvalue weighted by Crippen LogP contribution is 2.23. The summed E-state index contributed by atoms with van der Waals surface area (Å²) in [4.78, 5) is 12.6. The lowest BCUT2D eigenvalue weighted by molar-refractivity contribution is -0.128. The van der Waals surface area contributed by atoms with Crippen molar-refractivity contribution in [1.29, 1.82) is 0 Å². The van der Waals surface area contributed by atoms with E-state index in [1.165, 1.54) is 17.4 Å². The van der Waals surface area contributed by atoms with Gasteiger partial charge in [-0.05, 0) is 30.7 Å². The van der Waals surface area contributed by atoms with Crippen LogP contribution in [0.25, 0.3) is 6.08 Å². The monoisotopic (exact) mass is 244 g/mol. The van der Waals surface area contributed by atoms with Gasteiger partial charge in [-0.25, -0.2) is 4.79 Å². The standard InChI is InChI=1S/C14H12O2S/c1-11-7-10-14(17-11)16-13(15)9-8-12-5-3-2-4-6-12/h2-10H,1H3/b9-8+. The molecule has 0 saturated heterocycles. The van der Waals surface area contributed by atoms with E-state index in [0.29, 0.717) is 5.06 Å². The second-order valence-electron chi connectivity index (χ2n) is 3.53. The normalized spacial score (nSPS) is 10.6. The molecular weight excluding hydrogens is 232 g/mol. The molecule has 86 valence electrons. The maximum absolute atomic E-state index is 11.5. The van der Waals surface area contributed by atoms with Gasteiger partial charge in [-0.1, -0.05) is 30.3 Å². The minimum Gasteiger partial charge on any atom is -0.412 e. The van der Waals surface area contributed by atoms with E-state index in [1.807, 2.05) is 43.3 Å². The fraction of sp³-hybridized carbons (Fsp3) is 0.0714. The summed E-state index contributed by atoms with van der Waals surface area (Å²) in [5.74, 6) is -0.351. The Morgan fingerprint density at radius 3 is 2.59 bits per heavy atom. The van der Waals surface area contributed by atoms with Crippen molar-refractivity contribution in [2.75, 3.05) is 0 Å². The zero-order valence-corrected chi connectivity index (χ0v) is 10.2. The molecule has 0 N–H and O–H groups in total. The van der Waals surface area contributed by atoms with Crippen molar-refractivity contribution < 1.29 is 9.53 Å². The highest BCUT2D eigenvalue weighted by atomic mass is 32.1. The van der Waals surface area contributed by atoms with Gasteiger partial charge in [0.1, 0.15) is 0 Å². The summed E-state index contributed by atoms with van der Waals surface area (Å²) in [5, 5.41) is 0.630. The molecular formula is C14H12O2S. The lowest BCUT2D eigenvalue weighted by Crippen LogP contribution is -2.01. The number of carbonyl (C=O) groups excluding carboxylic acids is 1. The van der Waals surface area contributed by atoms with Gasteiger partial charge in [0, 0.05) is 11.0 Å². The number of hydrogen-bond donors (Lipinski definition) is 0. The molecule has 2 rings (SSSR count). The lowest BCUT2D eigenvalue weighted by Gasteiger charge is -1.95. The van der Waals surface area contributed by atoms with E-state index < -0.39 is 0 Å². The molecule has 0 aliphatic heterocycles. The Labute approximate surface area is 104 Å². The highest BCUT2D eigenvalue weighted by Gasteiger charge is 2.02. The van der Waals surface area contributed by atoms with Crippen LogP contribution >= 0.6 is 11.3 Å². The molecule has 3 heteroatoms. The summed E-state index contributed by atoms with van der Waals surface area (Å²) in [6.45, 7) is 1.97. The third-order valence-electron chi connectivity index (χ3n) is 2.13. The Kier molecular flexibility index (Phi) is 3.73. The van der Waals surface area contributed by atoms with Gasteiger partial charge in [-0.3, -0.25) is 0 Å². The first kappa shape index (κ1) is 11.6. The second-order valence-corrected chi connectivity index (χ2v) is 4.78. The van der Waals surface area contributed by atoms with Crippen LogP contribution in [0.15, 0.2) is 48.5 Å². The number of hydrogen-bond acceptors (Lipinski definition) is 3. The minimum absolute atomic E-state index is 0.351. The van der Waals surface area contributed by atoms with Crippen LogP contribution in [0, 0.1) is 6.92 Å². The molecule has 1 heterocycles. The van der Waals surface area contributed by atoms with Crippen LogP contribution in [0.2, 0.25) is 0 Å². The molecule has 0 bridgehead atoms. The van der Waals surface area contributed by atoms with Gasteiger partial charge in [-0.2, -0.15) is 0 Å². The number of benzene rings is 1. The van der Waals surface area contributed by atoms with Crippen molar-refractivity contribution in [3.63, 3.8) is 0 Å². The van der Waals surface area contributed by atoms with Gasteiger partial charge in [0.15, 0.2) is 5.06 Å². The molecule has 1 aromatic heterocycles. The SMILES string of the molecule is Cc1ccc(OC(=O)/C=C/c2ccccc2)s1. The zero-order chi connectivity index (χ0) is 12.1. The van der Waals surface area contributed by atoms with Crippen molar-refractivity contribution in [3.8, 4) is 5.06 Å². The predicted octanol–water partition coefficient (Wildman–Crippen LogP) is 3.68. The maximum atomic E-state index is 11.5. The topological polar surface area (TPSA) is 26.3 Å². The van der Waals surface area contributed by atoms with E-state index in [2.05, 4.69) is 0 Å². The van der Waals surface area contributed by atoms with Crippen molar-refractivity contribution in [2.24, 2.45) is 0 Å². The summed E-state index contributed by atoms with van der Waals surface area (Å²) < 4.78 is 5.15. The second kappa shape index (κ2) is 5.46. The quantitative estimate of drug-likeness (QED) is 0.608. The fourth-order valence-electron chi connectivity index (χ4n) is 1.33. The van der Waals surface area contributed by atoms with Gasteiger partial charge >= 0.3 is 5.97 Å². The molecule has 17 heavy (non-hydrogen) atoms. The number of ether oxygens (including phenoxy) is 1. The van der Waals surface area contributed by atoms with E-state index in [4.69, 9.17) is 4.74 Å². The Morgan fingerprint density at radius 1 is 1.18 bits per heavy atom. The van der Waals surface area contributed by atoms with E-state index in [9.17, 15) is 4.79 Å². The van der Waals surface area contributed by atoms with Crippen LogP contribution in [0.5, 0.6) is 5.06 Å². The number of esters is 1. The number of rotatable bonds is 3. The van der Waals surface area contributed by atoms with Crippen LogP contribution in [-0.2, 0) is 4.79 Å². The molecule has 0 amide bonds. The fourth-order valence-corrected chi connectivity index (χ4v) is 2.04. The molecule has 0 saturated carbocycles. The summed E-state index contributed by atoms with van der Waals surface area (Å²) in [5.41, 5.74) is 0.979. The van der Waals surface area contributed by atoms with Crippen LogP contribution in [0.3, 0.4) is 0 Å². The molecule has 2 nitrogen and oxygen atoms in total. The lowest BCUT2D eigenvalue weighted by atomic mass is 10.2. The van der Waals surface area contributed by atoms with E-state index in [0.717, 1.165) is 10.4 Å². The first-order chi connectivity index (χ1) is 8.24. The number of carbonyl (C=O) groups is 1. The largest absolute Gasteiger partial charge is 0.412 e. The smallest absolute Gasteiger partial charge is 0.336 e. The van der Waals surface area contributed by atoms with Crippen molar-refractivity contribution in [2.45, 2.75) is 6.92 Å². The Morgan fingerprint density at radius 2 is 1.94 bits per heavy atom. The molecule has 0 atom stereocenters. The first-order valence-corrected chi connectivity index (χ1v) is 6.07. The molecule has 0 aliphatic carbocycles. The predicted molar refractivity (Wildman–Crippen MR) is 70.2 cm³/mol. The Hall–Kier alpha value is -1.87. The molecule has 0 aliphatic rings. The third kappa shape index (κ3) is 3.57. The van der Waals surface area contributed by atoms with Crippen LogP contribution in [-0.4, -0.2) is 5.97 Å². The zero-order valence-electron chi connectivity index (χ0n) is 9.42. The molecule has 0 fully saturated rings. The van der Waals surface area contributed by atoms with Crippen molar-refractivity contribution in [3.05, 3.63) is 59.0 Å². The van der Waals surface area contributed by atoms with Crippen molar-refractivity contribution >= 4 is 23.4 Å². The van der Waals surface area contributed by atoms with Gasteiger partial charge in [0.2, 0.25) is 0 Å². The molecule has 1 aromatic carbocycles. The van der Waals surface area contributed by atoms with Crippen LogP contribution in [0.1, 0.15) is 10.4 Å². The Bertz CT molecular complexity index is 526. The summed E-state index contributed by atoms with van der Waals surface area (Å²) >= 11 is 1.46. The highest BCUT2D eigenvalue weighted by molar-refractivity contribution is 7.13. The third-order valence-corrected chi connectivity index (χ3v) is 3.01. The maximum Gasteiger partial charge on any atom is 0.336 e. The van der Waals surface area contributed by atoms with Gasteiger partial charge in [-0.15, -0.1) is 11.3 Å². The number of thiophene rings is 1. The molecule has 2 aromatic rings. The van der Waals surface area contributed by atoms with Crippen LogP contribution in [0.4, 0.5) is 0 Å². The molecule has 0 spiro atoms. The summed E-state index contributed by atoms with van der Waals surface area (Å²) in [6, 6.07) is 13.4. The van der Waals surface area contributed by atoms with Crippen molar-refractivity contribution in [1.82, 2.24) is 0 Å². The van der Waals surface area contributed by atoms with Gasteiger partial charge in [0.05, 0.1) is 0 Å². The molecule has 0 radical (unpaired) electrons. The Balaban J connectivity index is 1.96. The van der Waals surface area contributed by atoms with E-state index in [-0.39, 0.29) is 5.97 Å². The van der Waals surface area contributed by atoms with Crippen LogP contribution < -0.4 is 4.74 Å². The average molecular weight is 244 g/mol.